The molecule has 1 saturated heterocycles. The van der Waals surface area contributed by atoms with Crippen LogP contribution in [0.1, 0.15) is 23.1 Å². The molecule has 1 N–H and O–H groups in total. The lowest BCUT2D eigenvalue weighted by atomic mass is 10.0. The normalized spacial score (nSPS) is 21.7. The van der Waals surface area contributed by atoms with Gasteiger partial charge in [-0.2, -0.15) is 0 Å². The van der Waals surface area contributed by atoms with Gasteiger partial charge >= 0.3 is 5.97 Å². The van der Waals surface area contributed by atoms with Crippen molar-refractivity contribution in [1.29, 1.82) is 0 Å². The first-order valence-electron chi connectivity index (χ1n) is 6.44. The number of aromatic nitrogens is 2. The Morgan fingerprint density at radius 1 is 1.40 bits per heavy atom. The molecule has 1 amide bonds. The van der Waals surface area contributed by atoms with Crippen LogP contribution in [0.2, 0.25) is 0 Å². The quantitative estimate of drug-likeness (QED) is 0.854. The topological polar surface area (TPSA) is 92.6 Å². The van der Waals surface area contributed by atoms with Crippen molar-refractivity contribution in [2.45, 2.75) is 19.9 Å². The molecule has 108 valence electrons. The summed E-state index contributed by atoms with van der Waals surface area (Å²) in [6.07, 6.45) is 2.92. The fourth-order valence-electron chi connectivity index (χ4n) is 2.26. The average Bonchev–Trinajstić information content (AvgIpc) is 2.89. The van der Waals surface area contributed by atoms with E-state index in [1.54, 1.807) is 13.8 Å². The van der Waals surface area contributed by atoms with Gasteiger partial charge in [0.15, 0.2) is 0 Å². The third-order valence-electron chi connectivity index (χ3n) is 3.37. The van der Waals surface area contributed by atoms with E-state index in [0.29, 0.717) is 6.54 Å². The summed E-state index contributed by atoms with van der Waals surface area (Å²) in [5, 5.41) is 9.17. The SMILES string of the molecule is CCN(C(=O)c1cnc(C)cn1)C1COCC1C(=O)O. The zero-order valence-electron chi connectivity index (χ0n) is 11.4. The second-order valence-electron chi connectivity index (χ2n) is 4.68. The van der Waals surface area contributed by atoms with Crippen molar-refractivity contribution in [3.63, 3.8) is 0 Å². The third-order valence-corrected chi connectivity index (χ3v) is 3.37. The largest absolute Gasteiger partial charge is 0.481 e. The Balaban J connectivity index is 2.21. The molecule has 1 aliphatic heterocycles. The molecule has 1 aromatic rings. The second-order valence-corrected chi connectivity index (χ2v) is 4.68. The van der Waals surface area contributed by atoms with E-state index >= 15 is 0 Å². The Labute approximate surface area is 116 Å². The van der Waals surface area contributed by atoms with Crippen LogP contribution in [0.4, 0.5) is 0 Å². The molecule has 7 heteroatoms. The van der Waals surface area contributed by atoms with E-state index in [9.17, 15) is 14.7 Å². The molecular weight excluding hydrogens is 262 g/mol. The summed E-state index contributed by atoms with van der Waals surface area (Å²) in [7, 11) is 0. The van der Waals surface area contributed by atoms with Crippen LogP contribution in [0.15, 0.2) is 12.4 Å². The number of hydrogen-bond acceptors (Lipinski definition) is 5. The van der Waals surface area contributed by atoms with Crippen LogP contribution in [0.5, 0.6) is 0 Å². The van der Waals surface area contributed by atoms with Gasteiger partial charge in [0.05, 0.1) is 31.1 Å². The number of likely N-dealkylation sites (N-methyl/N-ethyl adjacent to an activating group) is 1. The number of carboxylic acid groups (broad SMARTS) is 1. The van der Waals surface area contributed by atoms with E-state index < -0.39 is 17.9 Å². The van der Waals surface area contributed by atoms with Crippen molar-refractivity contribution in [3.8, 4) is 0 Å². The minimum Gasteiger partial charge on any atom is -0.481 e. The molecule has 2 rings (SSSR count). The van der Waals surface area contributed by atoms with Gasteiger partial charge in [-0.25, -0.2) is 4.98 Å². The summed E-state index contributed by atoms with van der Waals surface area (Å²) in [6, 6.07) is -0.465. The van der Waals surface area contributed by atoms with Gasteiger partial charge in [-0.15, -0.1) is 0 Å². The number of rotatable bonds is 4. The van der Waals surface area contributed by atoms with E-state index in [-0.39, 0.29) is 24.8 Å². The Bertz CT molecular complexity index is 503. The van der Waals surface area contributed by atoms with Crippen LogP contribution in [0.25, 0.3) is 0 Å². The number of carboxylic acids is 1. The van der Waals surface area contributed by atoms with Crippen molar-refractivity contribution < 1.29 is 19.4 Å². The van der Waals surface area contributed by atoms with Crippen LogP contribution in [-0.4, -0.2) is 57.7 Å². The van der Waals surface area contributed by atoms with E-state index in [0.717, 1.165) is 5.69 Å². The molecule has 1 aliphatic rings. The molecule has 7 nitrogen and oxygen atoms in total. The van der Waals surface area contributed by atoms with E-state index in [4.69, 9.17) is 4.74 Å². The van der Waals surface area contributed by atoms with Crippen molar-refractivity contribution in [2.24, 2.45) is 5.92 Å². The fourth-order valence-corrected chi connectivity index (χ4v) is 2.26. The number of ether oxygens (including phenoxy) is 1. The summed E-state index contributed by atoms with van der Waals surface area (Å²) in [4.78, 5) is 33.2. The van der Waals surface area contributed by atoms with Crippen molar-refractivity contribution >= 4 is 11.9 Å². The van der Waals surface area contributed by atoms with Crippen LogP contribution in [0.3, 0.4) is 0 Å². The van der Waals surface area contributed by atoms with E-state index in [2.05, 4.69) is 9.97 Å². The number of hydrogen-bond donors (Lipinski definition) is 1. The molecule has 2 heterocycles. The average molecular weight is 279 g/mol. The highest BCUT2D eigenvalue weighted by Crippen LogP contribution is 2.21. The molecule has 0 bridgehead atoms. The van der Waals surface area contributed by atoms with Crippen molar-refractivity contribution in [1.82, 2.24) is 14.9 Å². The maximum Gasteiger partial charge on any atom is 0.311 e. The highest BCUT2D eigenvalue weighted by atomic mass is 16.5. The number of aliphatic carboxylic acids is 1. The lowest BCUT2D eigenvalue weighted by molar-refractivity contribution is -0.142. The summed E-state index contributed by atoms with van der Waals surface area (Å²) in [6.45, 7) is 4.34. The van der Waals surface area contributed by atoms with Gasteiger partial charge < -0.3 is 14.7 Å². The maximum absolute atomic E-state index is 12.4. The lowest BCUT2D eigenvalue weighted by Gasteiger charge is -2.28. The van der Waals surface area contributed by atoms with Crippen LogP contribution in [-0.2, 0) is 9.53 Å². The van der Waals surface area contributed by atoms with Gasteiger partial charge in [0.25, 0.3) is 5.91 Å². The number of nitrogens with zero attached hydrogens (tertiary/aromatic N) is 3. The molecule has 20 heavy (non-hydrogen) atoms. The molecular formula is C13H17N3O4. The summed E-state index contributed by atoms with van der Waals surface area (Å²) in [5.41, 5.74) is 0.936. The first-order chi connectivity index (χ1) is 9.54. The van der Waals surface area contributed by atoms with Gasteiger partial charge in [-0.1, -0.05) is 0 Å². The summed E-state index contributed by atoms with van der Waals surface area (Å²) < 4.78 is 5.21. The predicted molar refractivity (Wildman–Crippen MR) is 69.2 cm³/mol. The zero-order chi connectivity index (χ0) is 14.7. The number of amides is 1. The molecule has 0 spiro atoms. The molecule has 2 unspecified atom stereocenters. The molecule has 1 fully saturated rings. The molecule has 1 aromatic heterocycles. The molecule has 0 saturated carbocycles. The van der Waals surface area contributed by atoms with Crippen molar-refractivity contribution in [3.05, 3.63) is 23.8 Å². The Kier molecular flexibility index (Phi) is 4.29. The van der Waals surface area contributed by atoms with Gasteiger partial charge in [-0.3, -0.25) is 14.6 Å². The highest BCUT2D eigenvalue weighted by Gasteiger charge is 2.39. The predicted octanol–water partition coefficient (Wildman–Crippen LogP) is 0.347. The zero-order valence-corrected chi connectivity index (χ0v) is 11.4. The number of carbonyl (C=O) groups excluding carboxylic acids is 1. The standard InChI is InChI=1S/C13H17N3O4/c1-3-16(11-7-20-6-9(11)13(18)19)12(17)10-5-14-8(2)4-15-10/h4-5,9,11H,3,6-7H2,1-2H3,(H,18,19). The van der Waals surface area contributed by atoms with E-state index in [1.165, 1.54) is 17.3 Å². The highest BCUT2D eigenvalue weighted by molar-refractivity contribution is 5.92. The number of aryl methyl sites for hydroxylation is 1. The van der Waals surface area contributed by atoms with Gasteiger partial charge in [0, 0.05) is 12.7 Å². The minimum atomic E-state index is -0.950. The minimum absolute atomic E-state index is 0.128. The first kappa shape index (κ1) is 14.4. The summed E-state index contributed by atoms with van der Waals surface area (Å²) in [5.74, 6) is -1.97. The monoisotopic (exact) mass is 279 g/mol. The fraction of sp³-hybridized carbons (Fsp3) is 0.538. The molecule has 0 aromatic carbocycles. The van der Waals surface area contributed by atoms with Crippen LogP contribution >= 0.6 is 0 Å². The Morgan fingerprint density at radius 2 is 2.15 bits per heavy atom. The smallest absolute Gasteiger partial charge is 0.311 e. The van der Waals surface area contributed by atoms with Gasteiger partial charge in [-0.05, 0) is 13.8 Å². The maximum atomic E-state index is 12.4. The summed E-state index contributed by atoms with van der Waals surface area (Å²) >= 11 is 0. The third kappa shape index (κ3) is 2.77. The van der Waals surface area contributed by atoms with Crippen molar-refractivity contribution in [2.75, 3.05) is 19.8 Å². The Hall–Kier alpha value is -2.02. The first-order valence-corrected chi connectivity index (χ1v) is 6.44. The van der Waals surface area contributed by atoms with Gasteiger partial charge in [0.1, 0.15) is 11.6 Å². The van der Waals surface area contributed by atoms with Gasteiger partial charge in [0.2, 0.25) is 0 Å². The lowest BCUT2D eigenvalue weighted by Crippen LogP contribution is -2.46. The van der Waals surface area contributed by atoms with Crippen LogP contribution in [0, 0.1) is 12.8 Å². The second kappa shape index (κ2) is 5.96. The Morgan fingerprint density at radius 3 is 2.70 bits per heavy atom. The van der Waals surface area contributed by atoms with E-state index in [1.807, 2.05) is 0 Å². The molecule has 0 radical (unpaired) electrons. The molecule has 0 aliphatic carbocycles. The molecule has 2 atom stereocenters. The van der Waals surface area contributed by atoms with Crippen LogP contribution < -0.4 is 0 Å². The number of carbonyl (C=O) groups is 2.